The first-order valence-electron chi connectivity index (χ1n) is 10.6. The zero-order valence-corrected chi connectivity index (χ0v) is 18.7. The number of rotatable bonds is 6. The van der Waals surface area contributed by atoms with Gasteiger partial charge in [-0.25, -0.2) is 18.7 Å². The fourth-order valence-electron chi connectivity index (χ4n) is 4.11. The molecule has 2 aromatic heterocycles. The molecule has 6 nitrogen and oxygen atoms in total. The third-order valence-electron chi connectivity index (χ3n) is 5.79. The lowest BCUT2D eigenvalue weighted by Crippen LogP contribution is -2.24. The van der Waals surface area contributed by atoms with Crippen molar-refractivity contribution in [1.29, 1.82) is 0 Å². The van der Waals surface area contributed by atoms with Gasteiger partial charge in [0.2, 0.25) is 5.95 Å². The van der Waals surface area contributed by atoms with Crippen molar-refractivity contribution in [2.24, 2.45) is 7.05 Å². The van der Waals surface area contributed by atoms with Gasteiger partial charge in [-0.3, -0.25) is 4.68 Å². The fraction of sp³-hybridized carbons (Fsp3) is 0.208. The number of nitrogens with zero attached hydrogens (tertiary/aromatic N) is 5. The Morgan fingerprint density at radius 2 is 1.97 bits per heavy atom. The van der Waals surface area contributed by atoms with E-state index in [-0.39, 0.29) is 11.6 Å². The highest BCUT2D eigenvalue weighted by Crippen LogP contribution is 2.35. The highest BCUT2D eigenvalue weighted by molar-refractivity contribution is 6.31. The molecular weight excluding hydrogens is 446 g/mol. The number of hydrogen-bond donors (Lipinski definition) is 1. The quantitative estimate of drug-likeness (QED) is 0.425. The number of anilines is 3. The molecule has 33 heavy (non-hydrogen) atoms. The van der Waals surface area contributed by atoms with Crippen LogP contribution in [0.4, 0.5) is 26.2 Å². The van der Waals surface area contributed by atoms with E-state index < -0.39 is 0 Å². The maximum absolute atomic E-state index is 15.2. The molecule has 1 aliphatic rings. The van der Waals surface area contributed by atoms with Crippen molar-refractivity contribution in [3.05, 3.63) is 82.6 Å². The summed E-state index contributed by atoms with van der Waals surface area (Å²) < 4.78 is 30.2. The SMILES string of the molecule is Cn1nccc1Nc1nccc(-c2cc(F)c3c(c2)CCN3CCc2ccc(F)cc2Cl)n1. The van der Waals surface area contributed by atoms with E-state index in [4.69, 9.17) is 11.6 Å². The standard InChI is InChI=1S/C24H21ClF2N6/c1-32-22(5-9-29-32)31-24-28-8-4-21(30-24)17-12-16-7-11-33(23(16)20(27)13-17)10-6-15-2-3-18(26)14-19(15)25/h2-5,8-9,12-14H,6-7,10-11H2,1H3,(H,28,30,31). The fourth-order valence-corrected chi connectivity index (χ4v) is 4.37. The van der Waals surface area contributed by atoms with Gasteiger partial charge >= 0.3 is 0 Å². The van der Waals surface area contributed by atoms with Gasteiger partial charge in [-0.2, -0.15) is 5.10 Å². The molecule has 0 bridgehead atoms. The third kappa shape index (κ3) is 4.39. The van der Waals surface area contributed by atoms with Gasteiger partial charge in [0.05, 0.1) is 17.6 Å². The summed E-state index contributed by atoms with van der Waals surface area (Å²) in [7, 11) is 1.82. The van der Waals surface area contributed by atoms with E-state index in [0.717, 1.165) is 23.4 Å². The number of aryl methyl sites for hydroxylation is 1. The summed E-state index contributed by atoms with van der Waals surface area (Å²) >= 11 is 6.15. The lowest BCUT2D eigenvalue weighted by molar-refractivity contribution is 0.622. The summed E-state index contributed by atoms with van der Waals surface area (Å²) in [6.07, 6.45) is 4.67. The number of benzene rings is 2. The van der Waals surface area contributed by atoms with E-state index in [0.29, 0.717) is 47.4 Å². The van der Waals surface area contributed by atoms with E-state index in [1.54, 1.807) is 29.2 Å². The minimum Gasteiger partial charge on any atom is -0.368 e. The van der Waals surface area contributed by atoms with E-state index in [9.17, 15) is 4.39 Å². The van der Waals surface area contributed by atoms with Gasteiger partial charge in [-0.1, -0.05) is 17.7 Å². The molecule has 1 aliphatic heterocycles. The molecule has 9 heteroatoms. The Morgan fingerprint density at radius 1 is 1.09 bits per heavy atom. The van der Waals surface area contributed by atoms with Gasteiger partial charge in [0.1, 0.15) is 17.5 Å². The molecule has 1 N–H and O–H groups in total. The Morgan fingerprint density at radius 3 is 2.76 bits per heavy atom. The number of nitrogens with one attached hydrogen (secondary N) is 1. The smallest absolute Gasteiger partial charge is 0.228 e. The molecule has 0 radical (unpaired) electrons. The van der Waals surface area contributed by atoms with Gasteiger partial charge in [-0.15, -0.1) is 0 Å². The maximum atomic E-state index is 15.2. The van der Waals surface area contributed by atoms with E-state index in [2.05, 4.69) is 20.4 Å². The maximum Gasteiger partial charge on any atom is 0.228 e. The molecule has 0 saturated heterocycles. The summed E-state index contributed by atoms with van der Waals surface area (Å²) in [6.45, 7) is 1.31. The molecule has 0 aliphatic carbocycles. The van der Waals surface area contributed by atoms with E-state index in [1.807, 2.05) is 24.1 Å². The van der Waals surface area contributed by atoms with Gasteiger partial charge in [0, 0.05) is 43.0 Å². The molecule has 3 heterocycles. The monoisotopic (exact) mass is 466 g/mol. The second-order valence-corrected chi connectivity index (χ2v) is 8.33. The van der Waals surface area contributed by atoms with Crippen LogP contribution in [-0.2, 0) is 19.9 Å². The molecular formula is C24H21ClF2N6. The van der Waals surface area contributed by atoms with Gasteiger partial charge in [0.25, 0.3) is 0 Å². The molecule has 0 atom stereocenters. The van der Waals surface area contributed by atoms with Gasteiger partial charge in [-0.05, 0) is 54.3 Å². The summed E-state index contributed by atoms with van der Waals surface area (Å²) in [6, 6.07) is 11.5. The second kappa shape index (κ2) is 8.78. The zero-order chi connectivity index (χ0) is 22.9. The van der Waals surface area contributed by atoms with Crippen LogP contribution in [0.1, 0.15) is 11.1 Å². The van der Waals surface area contributed by atoms with Crippen molar-refractivity contribution < 1.29 is 8.78 Å². The molecule has 0 saturated carbocycles. The zero-order valence-electron chi connectivity index (χ0n) is 17.9. The normalized spacial score (nSPS) is 12.8. The first kappa shape index (κ1) is 21.3. The third-order valence-corrected chi connectivity index (χ3v) is 6.14. The first-order chi connectivity index (χ1) is 16.0. The summed E-state index contributed by atoms with van der Waals surface area (Å²) in [4.78, 5) is 10.8. The number of halogens is 3. The van der Waals surface area contributed by atoms with Crippen molar-refractivity contribution >= 4 is 29.1 Å². The number of aromatic nitrogens is 4. The van der Waals surface area contributed by atoms with Crippen LogP contribution in [0, 0.1) is 11.6 Å². The topological polar surface area (TPSA) is 58.9 Å². The molecule has 0 spiro atoms. The first-order valence-corrected chi connectivity index (χ1v) is 11.0. The summed E-state index contributed by atoms with van der Waals surface area (Å²) in [5, 5.41) is 7.63. The van der Waals surface area contributed by atoms with Crippen LogP contribution in [0.5, 0.6) is 0 Å². The van der Waals surface area contributed by atoms with Crippen molar-refractivity contribution in [3.63, 3.8) is 0 Å². The Hall–Kier alpha value is -3.52. The van der Waals surface area contributed by atoms with Crippen molar-refractivity contribution in [2.75, 3.05) is 23.3 Å². The number of fused-ring (bicyclic) bond motifs is 1. The lowest BCUT2D eigenvalue weighted by atomic mass is 10.0. The molecule has 5 rings (SSSR count). The summed E-state index contributed by atoms with van der Waals surface area (Å²) in [5.41, 5.74) is 3.73. The average Bonchev–Trinajstić information content (AvgIpc) is 3.39. The number of hydrogen-bond acceptors (Lipinski definition) is 5. The van der Waals surface area contributed by atoms with Crippen LogP contribution in [0.2, 0.25) is 5.02 Å². The lowest BCUT2D eigenvalue weighted by Gasteiger charge is -2.20. The molecule has 0 amide bonds. The summed E-state index contributed by atoms with van der Waals surface area (Å²) in [5.74, 6) is 0.515. The molecule has 2 aromatic carbocycles. The minimum absolute atomic E-state index is 0.287. The Labute approximate surface area is 194 Å². The largest absolute Gasteiger partial charge is 0.368 e. The highest BCUT2D eigenvalue weighted by atomic mass is 35.5. The molecule has 4 aromatic rings. The van der Waals surface area contributed by atoms with Crippen LogP contribution in [-0.4, -0.2) is 32.8 Å². The minimum atomic E-state index is -0.364. The molecule has 168 valence electrons. The second-order valence-electron chi connectivity index (χ2n) is 7.92. The van der Waals surface area contributed by atoms with Crippen molar-refractivity contribution in [2.45, 2.75) is 12.8 Å². The average molecular weight is 467 g/mol. The van der Waals surface area contributed by atoms with Crippen LogP contribution in [0.3, 0.4) is 0 Å². The Kier molecular flexibility index (Phi) is 5.68. The van der Waals surface area contributed by atoms with Crippen LogP contribution in [0.15, 0.2) is 54.9 Å². The predicted molar refractivity (Wildman–Crippen MR) is 125 cm³/mol. The van der Waals surface area contributed by atoms with Gasteiger partial charge < -0.3 is 10.2 Å². The van der Waals surface area contributed by atoms with Crippen LogP contribution >= 0.6 is 11.6 Å². The Balaban J connectivity index is 1.36. The van der Waals surface area contributed by atoms with Crippen LogP contribution < -0.4 is 10.2 Å². The Bertz CT molecular complexity index is 1320. The van der Waals surface area contributed by atoms with E-state index >= 15 is 4.39 Å². The van der Waals surface area contributed by atoms with Gasteiger partial charge in [0.15, 0.2) is 0 Å². The predicted octanol–water partition coefficient (Wildman–Crippen LogP) is 5.16. The molecule has 0 fully saturated rings. The highest BCUT2D eigenvalue weighted by Gasteiger charge is 2.24. The molecule has 0 unspecified atom stereocenters. The van der Waals surface area contributed by atoms with Crippen molar-refractivity contribution in [1.82, 2.24) is 19.7 Å². The van der Waals surface area contributed by atoms with Crippen molar-refractivity contribution in [3.8, 4) is 11.3 Å². The van der Waals surface area contributed by atoms with Crippen LogP contribution in [0.25, 0.3) is 11.3 Å². The van der Waals surface area contributed by atoms with E-state index in [1.165, 1.54) is 18.2 Å².